The van der Waals surface area contributed by atoms with E-state index in [1.807, 2.05) is 25.7 Å². The van der Waals surface area contributed by atoms with Gasteiger partial charge in [-0.1, -0.05) is 6.07 Å². The maximum atomic E-state index is 12.3. The number of likely N-dealkylation sites (tertiary alicyclic amines) is 1. The van der Waals surface area contributed by atoms with Crippen LogP contribution in [0.5, 0.6) is 0 Å². The molecule has 4 rings (SSSR count). The Kier molecular flexibility index (Phi) is 5.66. The molecule has 0 radical (unpaired) electrons. The molecule has 164 valence electrons. The number of ether oxygens (including phenoxy) is 1. The molecule has 2 aliphatic rings. The highest BCUT2D eigenvalue weighted by atomic mass is 16.6. The van der Waals surface area contributed by atoms with Crippen LogP contribution in [0, 0.1) is 0 Å². The van der Waals surface area contributed by atoms with E-state index in [4.69, 9.17) is 10.5 Å². The zero-order valence-corrected chi connectivity index (χ0v) is 18.3. The Bertz CT molecular complexity index is 901. The van der Waals surface area contributed by atoms with Gasteiger partial charge in [-0.25, -0.2) is 9.78 Å². The number of imidazole rings is 1. The van der Waals surface area contributed by atoms with E-state index in [-0.39, 0.29) is 12.2 Å². The summed E-state index contributed by atoms with van der Waals surface area (Å²) in [6.07, 6.45) is 4.93. The summed E-state index contributed by atoms with van der Waals surface area (Å²) in [4.78, 5) is 18.8. The molecule has 7 nitrogen and oxygen atoms in total. The molecule has 1 aromatic carbocycles. The van der Waals surface area contributed by atoms with Crippen LogP contribution in [0.15, 0.2) is 18.2 Å². The quantitative estimate of drug-likeness (QED) is 0.768. The number of hydrogen-bond acceptors (Lipinski definition) is 5. The first kappa shape index (κ1) is 21.0. The monoisotopic (exact) mass is 414 g/mol. The predicted octanol–water partition coefficient (Wildman–Crippen LogP) is 4.21. The van der Waals surface area contributed by atoms with E-state index in [1.165, 1.54) is 5.56 Å². The lowest BCUT2D eigenvalue weighted by molar-refractivity contribution is 0.0205. The molecule has 1 aliphatic carbocycles. The van der Waals surface area contributed by atoms with Crippen molar-refractivity contribution in [2.45, 2.75) is 83.0 Å². The maximum Gasteiger partial charge on any atom is 0.410 e. The van der Waals surface area contributed by atoms with Crippen LogP contribution in [-0.2, 0) is 4.74 Å². The van der Waals surface area contributed by atoms with Crippen LogP contribution in [-0.4, -0.2) is 50.4 Å². The molecule has 0 spiro atoms. The van der Waals surface area contributed by atoms with E-state index < -0.39 is 5.60 Å². The first-order valence-electron chi connectivity index (χ1n) is 11.1. The first-order valence-corrected chi connectivity index (χ1v) is 11.1. The molecular formula is C23H34N4O3. The number of aromatic nitrogens is 2. The minimum Gasteiger partial charge on any atom is -0.444 e. The predicted molar refractivity (Wildman–Crippen MR) is 117 cm³/mol. The second-order valence-corrected chi connectivity index (χ2v) is 9.79. The third-order valence-corrected chi connectivity index (χ3v) is 6.39. The number of piperidine rings is 1. The van der Waals surface area contributed by atoms with Crippen LogP contribution in [0.3, 0.4) is 0 Å². The standard InChI is InChI=1S/C23H34N4O3/c1-23(2,3)30-22(29)26-12-10-15(11-13-26)16-4-9-20-19(14-16)25-21(24)27(20)17-5-7-18(28)8-6-17/h4,9,14-15,17-18,28H,5-8,10-13H2,1-3H3,(H2,24,25)/t17-,18+. The lowest BCUT2D eigenvalue weighted by Crippen LogP contribution is -2.41. The molecule has 2 aromatic rings. The number of amides is 1. The molecule has 0 unspecified atom stereocenters. The molecule has 30 heavy (non-hydrogen) atoms. The molecule has 1 saturated carbocycles. The minimum absolute atomic E-state index is 0.185. The van der Waals surface area contributed by atoms with Crippen LogP contribution in [0.4, 0.5) is 10.7 Å². The van der Waals surface area contributed by atoms with Crippen LogP contribution >= 0.6 is 0 Å². The highest BCUT2D eigenvalue weighted by Crippen LogP contribution is 2.36. The number of anilines is 1. The van der Waals surface area contributed by atoms with Crippen molar-refractivity contribution in [2.75, 3.05) is 18.8 Å². The van der Waals surface area contributed by atoms with Crippen molar-refractivity contribution in [3.05, 3.63) is 23.8 Å². The van der Waals surface area contributed by atoms with E-state index in [0.717, 1.165) is 49.6 Å². The first-order chi connectivity index (χ1) is 14.2. The van der Waals surface area contributed by atoms with Gasteiger partial charge in [0.2, 0.25) is 5.95 Å². The van der Waals surface area contributed by atoms with Crippen LogP contribution in [0.25, 0.3) is 11.0 Å². The fourth-order valence-corrected chi connectivity index (χ4v) is 4.81. The Morgan fingerprint density at radius 3 is 2.43 bits per heavy atom. The summed E-state index contributed by atoms with van der Waals surface area (Å²) in [7, 11) is 0. The molecule has 3 N–H and O–H groups in total. The van der Waals surface area contributed by atoms with Crippen molar-refractivity contribution >= 4 is 23.1 Å². The summed E-state index contributed by atoms with van der Waals surface area (Å²) in [5, 5.41) is 9.81. The van der Waals surface area contributed by atoms with Crippen LogP contribution in [0.1, 0.15) is 76.8 Å². The van der Waals surface area contributed by atoms with Crippen LogP contribution in [0.2, 0.25) is 0 Å². The van der Waals surface area contributed by atoms with Gasteiger partial charge in [0.25, 0.3) is 0 Å². The zero-order valence-electron chi connectivity index (χ0n) is 18.3. The van der Waals surface area contributed by atoms with E-state index in [9.17, 15) is 9.90 Å². The van der Waals surface area contributed by atoms with Gasteiger partial charge in [-0.05, 0) is 82.9 Å². The highest BCUT2D eigenvalue weighted by Gasteiger charge is 2.28. The molecule has 0 atom stereocenters. The summed E-state index contributed by atoms with van der Waals surface area (Å²) in [5.41, 5.74) is 9.08. The van der Waals surface area contributed by atoms with Gasteiger partial charge in [-0.3, -0.25) is 0 Å². The average Bonchev–Trinajstić information content (AvgIpc) is 3.02. The third-order valence-electron chi connectivity index (χ3n) is 6.39. The number of aliphatic hydroxyl groups excluding tert-OH is 1. The van der Waals surface area contributed by atoms with Gasteiger partial charge in [0.05, 0.1) is 17.1 Å². The van der Waals surface area contributed by atoms with Gasteiger partial charge in [0.1, 0.15) is 5.60 Å². The molecule has 0 bridgehead atoms. The second kappa shape index (κ2) is 8.10. The van der Waals surface area contributed by atoms with Gasteiger partial charge in [0.15, 0.2) is 0 Å². The lowest BCUT2D eigenvalue weighted by Gasteiger charge is -2.33. The normalized spacial score (nSPS) is 23.7. The number of aliphatic hydroxyl groups is 1. The molecular weight excluding hydrogens is 380 g/mol. The molecule has 2 fully saturated rings. The number of rotatable bonds is 2. The van der Waals surface area contributed by atoms with Crippen molar-refractivity contribution in [3.63, 3.8) is 0 Å². The Morgan fingerprint density at radius 2 is 1.80 bits per heavy atom. The van der Waals surface area contributed by atoms with E-state index in [1.54, 1.807) is 0 Å². The number of hydrogen-bond donors (Lipinski definition) is 2. The number of benzene rings is 1. The second-order valence-electron chi connectivity index (χ2n) is 9.79. The van der Waals surface area contributed by atoms with Gasteiger partial charge < -0.3 is 25.0 Å². The van der Waals surface area contributed by atoms with Crippen molar-refractivity contribution in [3.8, 4) is 0 Å². The van der Waals surface area contributed by atoms with Crippen molar-refractivity contribution in [1.82, 2.24) is 14.5 Å². The highest BCUT2D eigenvalue weighted by molar-refractivity contribution is 5.79. The fourth-order valence-electron chi connectivity index (χ4n) is 4.81. The van der Waals surface area contributed by atoms with Gasteiger partial charge in [0, 0.05) is 19.1 Å². The van der Waals surface area contributed by atoms with E-state index >= 15 is 0 Å². The average molecular weight is 415 g/mol. The zero-order chi connectivity index (χ0) is 21.5. The van der Waals surface area contributed by atoms with Crippen molar-refractivity contribution < 1.29 is 14.6 Å². The topological polar surface area (TPSA) is 93.6 Å². The van der Waals surface area contributed by atoms with Crippen LogP contribution < -0.4 is 5.73 Å². The van der Waals surface area contributed by atoms with Crippen molar-refractivity contribution in [1.29, 1.82) is 0 Å². The number of nitrogens with two attached hydrogens (primary N) is 1. The SMILES string of the molecule is CC(C)(C)OC(=O)N1CCC(c2ccc3c(c2)nc(N)n3[C@H]2CC[C@@H](O)CC2)CC1. The summed E-state index contributed by atoms with van der Waals surface area (Å²) in [6, 6.07) is 6.79. The molecule has 1 amide bonds. The maximum absolute atomic E-state index is 12.3. The summed E-state index contributed by atoms with van der Waals surface area (Å²) in [6.45, 7) is 7.10. The largest absolute Gasteiger partial charge is 0.444 e. The van der Waals surface area contributed by atoms with E-state index in [0.29, 0.717) is 31.0 Å². The summed E-state index contributed by atoms with van der Waals surface area (Å²) >= 11 is 0. The fraction of sp³-hybridized carbons (Fsp3) is 0.652. The molecule has 1 aromatic heterocycles. The Labute approximate surface area is 178 Å². The number of carbonyl (C=O) groups is 1. The Balaban J connectivity index is 1.46. The molecule has 1 saturated heterocycles. The van der Waals surface area contributed by atoms with E-state index in [2.05, 4.69) is 27.8 Å². The van der Waals surface area contributed by atoms with Crippen molar-refractivity contribution in [2.24, 2.45) is 0 Å². The Hall–Kier alpha value is -2.28. The summed E-state index contributed by atoms with van der Waals surface area (Å²) in [5.74, 6) is 0.965. The smallest absolute Gasteiger partial charge is 0.410 e. The molecule has 1 aliphatic heterocycles. The Morgan fingerprint density at radius 1 is 1.13 bits per heavy atom. The number of nitrogen functional groups attached to an aromatic ring is 1. The third kappa shape index (κ3) is 4.41. The van der Waals surface area contributed by atoms with Gasteiger partial charge >= 0.3 is 6.09 Å². The van der Waals surface area contributed by atoms with Gasteiger partial charge in [-0.2, -0.15) is 0 Å². The summed E-state index contributed by atoms with van der Waals surface area (Å²) < 4.78 is 7.65. The molecule has 7 heteroatoms. The molecule has 2 heterocycles. The lowest BCUT2D eigenvalue weighted by atomic mass is 9.89. The number of carbonyl (C=O) groups excluding carboxylic acids is 1. The number of fused-ring (bicyclic) bond motifs is 1. The number of nitrogens with zero attached hydrogens (tertiary/aromatic N) is 3. The van der Waals surface area contributed by atoms with Gasteiger partial charge in [-0.15, -0.1) is 0 Å². The minimum atomic E-state index is -0.464.